The summed E-state index contributed by atoms with van der Waals surface area (Å²) in [5.41, 5.74) is 1.57. The van der Waals surface area contributed by atoms with E-state index in [0.717, 1.165) is 11.3 Å². The molecule has 0 radical (unpaired) electrons. The molecule has 0 bridgehead atoms. The molecule has 0 spiro atoms. The maximum absolute atomic E-state index is 12.0. The number of rotatable bonds is 3. The molecule has 0 saturated heterocycles. The number of para-hydroxylation sites is 1. The quantitative estimate of drug-likeness (QED) is 0.727. The Bertz CT molecular complexity index is 842. The second-order valence-electron chi connectivity index (χ2n) is 4.62. The number of benzene rings is 2. The lowest BCUT2D eigenvalue weighted by Crippen LogP contribution is -1.99. The highest BCUT2D eigenvalue weighted by Crippen LogP contribution is 2.16. The van der Waals surface area contributed by atoms with Crippen LogP contribution in [0.15, 0.2) is 63.8 Å². The molecule has 3 heteroatoms. The largest absolute Gasteiger partial charge is 0.497 e. The highest BCUT2D eigenvalue weighted by Gasteiger charge is 2.01. The van der Waals surface area contributed by atoms with Crippen molar-refractivity contribution in [3.05, 3.63) is 76.1 Å². The molecule has 2 aromatic carbocycles. The predicted octanol–water partition coefficient (Wildman–Crippen LogP) is 3.97. The molecule has 1 heterocycles. The lowest BCUT2D eigenvalue weighted by Gasteiger charge is -2.00. The van der Waals surface area contributed by atoms with Crippen LogP contribution in [0.1, 0.15) is 11.3 Å². The number of methoxy groups -OCH3 is 1. The van der Waals surface area contributed by atoms with E-state index in [-0.39, 0.29) is 5.43 Å². The molecule has 0 saturated carbocycles. The average molecular weight is 278 g/mol. The minimum absolute atomic E-state index is 0.0359. The first-order valence-corrected chi connectivity index (χ1v) is 6.61. The van der Waals surface area contributed by atoms with Gasteiger partial charge >= 0.3 is 0 Å². The van der Waals surface area contributed by atoms with Gasteiger partial charge in [-0.25, -0.2) is 0 Å². The van der Waals surface area contributed by atoms with E-state index in [1.54, 1.807) is 25.3 Å². The van der Waals surface area contributed by atoms with Crippen molar-refractivity contribution in [2.45, 2.75) is 0 Å². The average Bonchev–Trinajstić information content (AvgIpc) is 2.53. The van der Waals surface area contributed by atoms with E-state index in [9.17, 15) is 4.79 Å². The van der Waals surface area contributed by atoms with Gasteiger partial charge in [-0.2, -0.15) is 0 Å². The van der Waals surface area contributed by atoms with Crippen LogP contribution < -0.4 is 10.2 Å². The van der Waals surface area contributed by atoms with Crippen LogP contribution in [0.25, 0.3) is 23.1 Å². The first-order valence-electron chi connectivity index (χ1n) is 6.61. The van der Waals surface area contributed by atoms with Gasteiger partial charge in [-0.15, -0.1) is 0 Å². The Morgan fingerprint density at radius 2 is 1.76 bits per heavy atom. The zero-order chi connectivity index (χ0) is 14.7. The monoisotopic (exact) mass is 278 g/mol. The summed E-state index contributed by atoms with van der Waals surface area (Å²) in [6.45, 7) is 0. The Morgan fingerprint density at radius 1 is 1.00 bits per heavy atom. The normalized spacial score (nSPS) is 11.1. The SMILES string of the molecule is COc1ccc(C=Cc2cc(=O)c3ccccc3o2)cc1. The molecule has 3 nitrogen and oxygen atoms in total. The van der Waals surface area contributed by atoms with Crippen LogP contribution in [0.3, 0.4) is 0 Å². The van der Waals surface area contributed by atoms with E-state index in [0.29, 0.717) is 16.7 Å². The molecule has 3 rings (SSSR count). The first kappa shape index (κ1) is 13.2. The van der Waals surface area contributed by atoms with E-state index in [4.69, 9.17) is 9.15 Å². The minimum Gasteiger partial charge on any atom is -0.497 e. The Labute approximate surface area is 122 Å². The highest BCUT2D eigenvalue weighted by atomic mass is 16.5. The summed E-state index contributed by atoms with van der Waals surface area (Å²) in [5.74, 6) is 1.35. The fourth-order valence-corrected chi connectivity index (χ4v) is 2.10. The van der Waals surface area contributed by atoms with Crippen molar-refractivity contribution in [3.8, 4) is 5.75 Å². The van der Waals surface area contributed by atoms with Crippen molar-refractivity contribution in [1.82, 2.24) is 0 Å². The smallest absolute Gasteiger partial charge is 0.193 e. The van der Waals surface area contributed by atoms with Crippen molar-refractivity contribution in [1.29, 1.82) is 0 Å². The molecular weight excluding hydrogens is 264 g/mol. The van der Waals surface area contributed by atoms with E-state index < -0.39 is 0 Å². The van der Waals surface area contributed by atoms with Gasteiger partial charge in [0.25, 0.3) is 0 Å². The summed E-state index contributed by atoms with van der Waals surface area (Å²) in [6, 6.07) is 16.4. The molecule has 0 fully saturated rings. The van der Waals surface area contributed by atoms with Gasteiger partial charge in [0.15, 0.2) is 5.43 Å². The highest BCUT2D eigenvalue weighted by molar-refractivity contribution is 5.78. The van der Waals surface area contributed by atoms with E-state index in [2.05, 4.69) is 0 Å². The predicted molar refractivity (Wildman–Crippen MR) is 84.4 cm³/mol. The number of fused-ring (bicyclic) bond motifs is 1. The maximum atomic E-state index is 12.0. The molecule has 0 atom stereocenters. The van der Waals surface area contributed by atoms with E-state index in [1.807, 2.05) is 42.5 Å². The third kappa shape index (κ3) is 2.87. The molecule has 0 amide bonds. The Balaban J connectivity index is 1.93. The van der Waals surface area contributed by atoms with Crippen molar-refractivity contribution >= 4 is 23.1 Å². The van der Waals surface area contributed by atoms with Crippen LogP contribution in [0.5, 0.6) is 5.75 Å². The molecular formula is C18H14O3. The van der Waals surface area contributed by atoms with Gasteiger partial charge in [-0.05, 0) is 35.9 Å². The lowest BCUT2D eigenvalue weighted by atomic mass is 10.2. The van der Waals surface area contributed by atoms with Gasteiger partial charge in [0.2, 0.25) is 0 Å². The summed E-state index contributed by atoms with van der Waals surface area (Å²) < 4.78 is 10.8. The molecule has 0 unspecified atom stereocenters. The number of hydrogen-bond acceptors (Lipinski definition) is 3. The van der Waals surface area contributed by atoms with Gasteiger partial charge in [-0.1, -0.05) is 30.3 Å². The Kier molecular flexibility index (Phi) is 3.56. The first-order chi connectivity index (χ1) is 10.3. The van der Waals surface area contributed by atoms with E-state index in [1.165, 1.54) is 6.07 Å². The lowest BCUT2D eigenvalue weighted by molar-refractivity contribution is 0.415. The van der Waals surface area contributed by atoms with Crippen LogP contribution in [-0.4, -0.2) is 7.11 Å². The number of ether oxygens (including phenoxy) is 1. The summed E-state index contributed by atoms with van der Waals surface area (Å²) >= 11 is 0. The summed E-state index contributed by atoms with van der Waals surface area (Å²) in [6.07, 6.45) is 3.68. The van der Waals surface area contributed by atoms with Gasteiger partial charge < -0.3 is 9.15 Å². The van der Waals surface area contributed by atoms with Gasteiger partial charge in [0.05, 0.1) is 12.5 Å². The summed E-state index contributed by atoms with van der Waals surface area (Å²) in [5, 5.41) is 0.596. The fraction of sp³-hybridized carbons (Fsp3) is 0.0556. The van der Waals surface area contributed by atoms with Gasteiger partial charge in [0.1, 0.15) is 17.1 Å². The Morgan fingerprint density at radius 3 is 2.52 bits per heavy atom. The second kappa shape index (κ2) is 5.67. The molecule has 0 aliphatic heterocycles. The molecule has 0 N–H and O–H groups in total. The zero-order valence-corrected chi connectivity index (χ0v) is 11.6. The summed E-state index contributed by atoms with van der Waals surface area (Å²) in [4.78, 5) is 12.0. The molecule has 0 aliphatic carbocycles. The minimum atomic E-state index is -0.0359. The molecule has 104 valence electrons. The molecule has 21 heavy (non-hydrogen) atoms. The Hall–Kier alpha value is -2.81. The van der Waals surface area contributed by atoms with Crippen LogP contribution in [-0.2, 0) is 0 Å². The van der Waals surface area contributed by atoms with E-state index >= 15 is 0 Å². The third-order valence-corrected chi connectivity index (χ3v) is 3.21. The number of hydrogen-bond donors (Lipinski definition) is 0. The van der Waals surface area contributed by atoms with Crippen LogP contribution in [0.4, 0.5) is 0 Å². The van der Waals surface area contributed by atoms with Crippen molar-refractivity contribution in [3.63, 3.8) is 0 Å². The molecule has 0 aliphatic rings. The van der Waals surface area contributed by atoms with Crippen molar-refractivity contribution in [2.24, 2.45) is 0 Å². The maximum Gasteiger partial charge on any atom is 0.193 e. The van der Waals surface area contributed by atoms with Gasteiger partial charge in [0, 0.05) is 6.07 Å². The molecule has 3 aromatic rings. The van der Waals surface area contributed by atoms with Crippen LogP contribution in [0.2, 0.25) is 0 Å². The van der Waals surface area contributed by atoms with Crippen LogP contribution >= 0.6 is 0 Å². The van der Waals surface area contributed by atoms with Gasteiger partial charge in [-0.3, -0.25) is 4.79 Å². The molecule has 1 aromatic heterocycles. The zero-order valence-electron chi connectivity index (χ0n) is 11.6. The topological polar surface area (TPSA) is 39.4 Å². The summed E-state index contributed by atoms with van der Waals surface area (Å²) in [7, 11) is 1.63. The van der Waals surface area contributed by atoms with Crippen molar-refractivity contribution in [2.75, 3.05) is 7.11 Å². The standard InChI is InChI=1S/C18H14O3/c1-20-14-9-6-13(7-10-14)8-11-15-12-17(19)16-4-2-3-5-18(16)21-15/h2-12H,1H3. The third-order valence-electron chi connectivity index (χ3n) is 3.21. The van der Waals surface area contributed by atoms with Crippen molar-refractivity contribution < 1.29 is 9.15 Å². The van der Waals surface area contributed by atoms with Crippen LogP contribution in [0, 0.1) is 0 Å². The second-order valence-corrected chi connectivity index (χ2v) is 4.62. The fourth-order valence-electron chi connectivity index (χ4n) is 2.10.